The van der Waals surface area contributed by atoms with Gasteiger partial charge in [-0.1, -0.05) is 11.6 Å². The highest BCUT2D eigenvalue weighted by molar-refractivity contribution is 7.92. The summed E-state index contributed by atoms with van der Waals surface area (Å²) >= 11 is 11.3. The molecule has 0 saturated carbocycles. The third kappa shape index (κ3) is 2.87. The first-order valence-electron chi connectivity index (χ1n) is 4.60. The molecule has 0 amide bonds. The summed E-state index contributed by atoms with van der Waals surface area (Å²) in [6.07, 6.45) is 3.60. The zero-order valence-corrected chi connectivity index (χ0v) is 11.0. The van der Waals surface area contributed by atoms with E-state index in [2.05, 4.69) is 19.7 Å². The Hall–Kier alpha value is -1.44. The number of aromatic nitrogens is 3. The number of pyridine rings is 1. The molecule has 9 heteroatoms. The van der Waals surface area contributed by atoms with Gasteiger partial charge in [-0.25, -0.2) is 23.4 Å². The molecule has 1 N–H and O–H groups in total. The van der Waals surface area contributed by atoms with E-state index in [0.717, 1.165) is 12.4 Å². The van der Waals surface area contributed by atoms with Crippen LogP contribution in [0.25, 0.3) is 0 Å². The minimum absolute atomic E-state index is 0.0362. The lowest BCUT2D eigenvalue weighted by Gasteiger charge is -2.07. The molecule has 0 spiro atoms. The Bertz CT molecular complexity index is 661. The molecular weight excluding hydrogens is 299 g/mol. The van der Waals surface area contributed by atoms with Crippen LogP contribution in [0.15, 0.2) is 35.6 Å². The molecule has 0 aliphatic carbocycles. The van der Waals surface area contributed by atoms with Crippen molar-refractivity contribution in [3.8, 4) is 0 Å². The molecular formula is C9H6Cl2N4O2S. The van der Waals surface area contributed by atoms with E-state index in [0.29, 0.717) is 0 Å². The molecule has 0 radical (unpaired) electrons. The van der Waals surface area contributed by atoms with E-state index in [9.17, 15) is 8.42 Å². The Morgan fingerprint density at radius 1 is 1.11 bits per heavy atom. The average Bonchev–Trinajstić information content (AvgIpc) is 2.32. The van der Waals surface area contributed by atoms with E-state index >= 15 is 0 Å². The van der Waals surface area contributed by atoms with Crippen LogP contribution in [0.5, 0.6) is 0 Å². The van der Waals surface area contributed by atoms with Gasteiger partial charge in [0.15, 0.2) is 5.82 Å². The normalized spacial score (nSPS) is 11.2. The van der Waals surface area contributed by atoms with Crippen LogP contribution in [0.2, 0.25) is 10.3 Å². The Morgan fingerprint density at radius 2 is 1.78 bits per heavy atom. The van der Waals surface area contributed by atoms with Crippen molar-refractivity contribution in [2.75, 3.05) is 4.72 Å². The van der Waals surface area contributed by atoms with Gasteiger partial charge >= 0.3 is 0 Å². The average molecular weight is 305 g/mol. The first-order chi connectivity index (χ1) is 8.49. The second kappa shape index (κ2) is 5.05. The molecule has 2 heterocycles. The van der Waals surface area contributed by atoms with Crippen LogP contribution in [0.1, 0.15) is 0 Å². The van der Waals surface area contributed by atoms with Crippen molar-refractivity contribution in [2.45, 2.75) is 4.90 Å². The fourth-order valence-electron chi connectivity index (χ4n) is 1.09. The molecule has 94 valence electrons. The van der Waals surface area contributed by atoms with E-state index in [-0.39, 0.29) is 21.0 Å². The van der Waals surface area contributed by atoms with Gasteiger partial charge in [-0.15, -0.1) is 0 Å². The number of anilines is 1. The third-order valence-corrected chi connectivity index (χ3v) is 3.69. The zero-order chi connectivity index (χ0) is 13.2. The van der Waals surface area contributed by atoms with Crippen molar-refractivity contribution in [3.63, 3.8) is 0 Å². The van der Waals surface area contributed by atoms with Gasteiger partial charge in [0.25, 0.3) is 10.0 Å². The number of halogens is 2. The van der Waals surface area contributed by atoms with Crippen molar-refractivity contribution >= 4 is 39.0 Å². The van der Waals surface area contributed by atoms with Gasteiger partial charge in [0.2, 0.25) is 5.28 Å². The summed E-state index contributed by atoms with van der Waals surface area (Å²) in [5.41, 5.74) is 0. The van der Waals surface area contributed by atoms with E-state index in [4.69, 9.17) is 23.2 Å². The first kappa shape index (κ1) is 13.0. The minimum atomic E-state index is -3.83. The number of hydrogen-bond donors (Lipinski definition) is 1. The second-order valence-corrected chi connectivity index (χ2v) is 5.55. The van der Waals surface area contributed by atoms with Crippen molar-refractivity contribution in [1.29, 1.82) is 0 Å². The molecule has 2 aromatic rings. The standard InChI is InChI=1S/C9H6Cl2N4O2S/c10-7-2-1-3-12-8(7)15-18(16,17)6-4-13-9(11)14-5-6/h1-5H,(H,12,15). The maximum absolute atomic E-state index is 11.9. The van der Waals surface area contributed by atoms with Crippen LogP contribution in [0.3, 0.4) is 0 Å². The summed E-state index contributed by atoms with van der Waals surface area (Å²) in [5, 5.41) is 0.153. The van der Waals surface area contributed by atoms with Crippen LogP contribution >= 0.6 is 23.2 Å². The molecule has 0 bridgehead atoms. The van der Waals surface area contributed by atoms with Crippen LogP contribution in [-0.4, -0.2) is 23.4 Å². The molecule has 2 aromatic heterocycles. The van der Waals surface area contributed by atoms with Gasteiger partial charge in [0, 0.05) is 6.20 Å². The fraction of sp³-hybridized carbons (Fsp3) is 0. The monoisotopic (exact) mass is 304 g/mol. The zero-order valence-electron chi connectivity index (χ0n) is 8.71. The van der Waals surface area contributed by atoms with Gasteiger partial charge in [0.05, 0.1) is 17.4 Å². The van der Waals surface area contributed by atoms with Crippen LogP contribution in [0, 0.1) is 0 Å². The van der Waals surface area contributed by atoms with Crippen LogP contribution in [0.4, 0.5) is 5.82 Å². The second-order valence-electron chi connectivity index (χ2n) is 3.13. The quantitative estimate of drug-likeness (QED) is 0.876. The maximum atomic E-state index is 11.9. The summed E-state index contributed by atoms with van der Waals surface area (Å²) in [6.45, 7) is 0. The van der Waals surface area contributed by atoms with Crippen molar-refractivity contribution in [1.82, 2.24) is 15.0 Å². The summed E-state index contributed by atoms with van der Waals surface area (Å²) in [5.74, 6) is 0.0362. The topological polar surface area (TPSA) is 84.8 Å². The SMILES string of the molecule is O=S(=O)(Nc1ncccc1Cl)c1cnc(Cl)nc1. The number of rotatable bonds is 3. The molecule has 2 rings (SSSR count). The van der Waals surface area contributed by atoms with E-state index in [1.54, 1.807) is 6.07 Å². The Balaban J connectivity index is 2.33. The molecule has 0 fully saturated rings. The highest BCUT2D eigenvalue weighted by atomic mass is 35.5. The van der Waals surface area contributed by atoms with Crippen LogP contribution < -0.4 is 4.72 Å². The van der Waals surface area contributed by atoms with Gasteiger partial charge in [-0.05, 0) is 23.7 Å². The molecule has 0 aromatic carbocycles. The molecule has 0 saturated heterocycles. The lowest BCUT2D eigenvalue weighted by Crippen LogP contribution is -2.14. The van der Waals surface area contributed by atoms with Crippen molar-refractivity contribution in [2.24, 2.45) is 0 Å². The first-order valence-corrected chi connectivity index (χ1v) is 6.84. The molecule has 6 nitrogen and oxygen atoms in total. The Morgan fingerprint density at radius 3 is 2.39 bits per heavy atom. The number of hydrogen-bond acceptors (Lipinski definition) is 5. The smallest absolute Gasteiger partial charge is 0.262 e. The molecule has 0 unspecified atom stereocenters. The highest BCUT2D eigenvalue weighted by Crippen LogP contribution is 2.21. The lowest BCUT2D eigenvalue weighted by molar-refractivity contribution is 0.600. The van der Waals surface area contributed by atoms with Gasteiger partial charge in [-0.2, -0.15) is 0 Å². The summed E-state index contributed by atoms with van der Waals surface area (Å²) in [6, 6.07) is 3.11. The predicted octanol–water partition coefficient (Wildman–Crippen LogP) is 1.98. The third-order valence-electron chi connectivity index (χ3n) is 1.90. The largest absolute Gasteiger partial charge is 0.266 e. The highest BCUT2D eigenvalue weighted by Gasteiger charge is 2.17. The van der Waals surface area contributed by atoms with Crippen molar-refractivity contribution in [3.05, 3.63) is 41.0 Å². The van der Waals surface area contributed by atoms with E-state index < -0.39 is 10.0 Å². The summed E-state index contributed by atoms with van der Waals surface area (Å²) in [4.78, 5) is 10.9. The van der Waals surface area contributed by atoms with Crippen LogP contribution in [-0.2, 0) is 10.0 Å². The lowest BCUT2D eigenvalue weighted by atomic mass is 10.5. The minimum Gasteiger partial charge on any atom is -0.262 e. The molecule has 0 aliphatic rings. The predicted molar refractivity (Wildman–Crippen MR) is 67.1 cm³/mol. The van der Waals surface area contributed by atoms with Gasteiger partial charge in [0.1, 0.15) is 4.90 Å². The van der Waals surface area contributed by atoms with E-state index in [1.807, 2.05) is 0 Å². The Labute approximate surface area is 113 Å². The Kier molecular flexibility index (Phi) is 3.65. The number of nitrogens with zero attached hydrogens (tertiary/aromatic N) is 3. The summed E-state index contributed by atoms with van der Waals surface area (Å²) < 4.78 is 26.1. The van der Waals surface area contributed by atoms with Gasteiger partial charge < -0.3 is 0 Å². The van der Waals surface area contributed by atoms with Crippen molar-refractivity contribution < 1.29 is 8.42 Å². The molecule has 0 aliphatic heterocycles. The molecule has 18 heavy (non-hydrogen) atoms. The number of sulfonamides is 1. The van der Waals surface area contributed by atoms with E-state index in [1.165, 1.54) is 12.3 Å². The molecule has 0 atom stereocenters. The number of nitrogens with one attached hydrogen (secondary N) is 1. The van der Waals surface area contributed by atoms with Gasteiger partial charge in [-0.3, -0.25) is 4.72 Å². The fourth-order valence-corrected chi connectivity index (χ4v) is 2.33. The maximum Gasteiger partial charge on any atom is 0.266 e. The summed E-state index contributed by atoms with van der Waals surface area (Å²) in [7, 11) is -3.83.